The van der Waals surface area contributed by atoms with Crippen molar-refractivity contribution >= 4 is 15.7 Å². The summed E-state index contributed by atoms with van der Waals surface area (Å²) in [5, 5.41) is 4.33. The van der Waals surface area contributed by atoms with Gasteiger partial charge in [0.05, 0.1) is 11.1 Å². The number of nitrogens with zero attached hydrogens (tertiary/aromatic N) is 4. The third kappa shape index (κ3) is 2.59. The van der Waals surface area contributed by atoms with Crippen LogP contribution in [0.25, 0.3) is 5.65 Å². The molecule has 1 aliphatic rings. The summed E-state index contributed by atoms with van der Waals surface area (Å²) < 4.78 is 28.8. The van der Waals surface area contributed by atoms with Crippen LogP contribution in [0.15, 0.2) is 59.8 Å². The van der Waals surface area contributed by atoms with Gasteiger partial charge in [-0.05, 0) is 31.0 Å². The number of piperidine rings is 1. The largest absolute Gasteiger partial charge is 0.243 e. The van der Waals surface area contributed by atoms with Crippen molar-refractivity contribution in [1.29, 1.82) is 0 Å². The molecule has 0 N–H and O–H groups in total. The van der Waals surface area contributed by atoms with Crippen LogP contribution >= 0.6 is 0 Å². The topological polar surface area (TPSA) is 67.6 Å². The van der Waals surface area contributed by atoms with Gasteiger partial charge in [0.25, 0.3) is 0 Å². The zero-order valence-corrected chi connectivity index (χ0v) is 13.9. The summed E-state index contributed by atoms with van der Waals surface area (Å²) in [7, 11) is -3.40. The van der Waals surface area contributed by atoms with Gasteiger partial charge in [0.2, 0.25) is 10.0 Å². The lowest BCUT2D eigenvalue weighted by atomic mass is 9.94. The van der Waals surface area contributed by atoms with Gasteiger partial charge in [-0.3, -0.25) is 0 Å². The van der Waals surface area contributed by atoms with Crippen LogP contribution in [-0.4, -0.2) is 40.4 Å². The molecule has 6 nitrogen and oxygen atoms in total. The number of aromatic nitrogens is 3. The Kier molecular flexibility index (Phi) is 3.82. The molecule has 0 spiro atoms. The molecule has 3 heterocycles. The second kappa shape index (κ2) is 5.99. The minimum absolute atomic E-state index is 0.289. The number of fused-ring (bicyclic) bond motifs is 1. The molecule has 0 unspecified atom stereocenters. The molecular weight excluding hydrogens is 324 g/mol. The summed E-state index contributed by atoms with van der Waals surface area (Å²) in [6.45, 7) is 1.04. The lowest BCUT2D eigenvalue weighted by molar-refractivity contribution is 0.314. The number of hydrogen-bond donors (Lipinski definition) is 0. The van der Waals surface area contributed by atoms with E-state index < -0.39 is 10.0 Å². The van der Waals surface area contributed by atoms with Gasteiger partial charge < -0.3 is 0 Å². The molecule has 7 heteroatoms. The van der Waals surface area contributed by atoms with E-state index in [2.05, 4.69) is 10.1 Å². The smallest absolute Gasteiger partial charge is 0.237 e. The molecule has 124 valence electrons. The molecule has 1 fully saturated rings. The van der Waals surface area contributed by atoms with Crippen molar-refractivity contribution in [2.24, 2.45) is 0 Å². The first-order valence-electron chi connectivity index (χ1n) is 8.00. The summed E-state index contributed by atoms with van der Waals surface area (Å²) in [5.74, 6) is 0.289. The van der Waals surface area contributed by atoms with Crippen molar-refractivity contribution in [2.75, 3.05) is 13.1 Å². The monoisotopic (exact) mass is 342 g/mol. The Morgan fingerprint density at radius 3 is 2.46 bits per heavy atom. The molecule has 0 amide bonds. The van der Waals surface area contributed by atoms with Crippen LogP contribution in [-0.2, 0) is 10.0 Å². The fraction of sp³-hybridized carbons (Fsp3) is 0.294. The van der Waals surface area contributed by atoms with Crippen molar-refractivity contribution in [3.63, 3.8) is 0 Å². The molecule has 3 aromatic rings. The lowest BCUT2D eigenvalue weighted by Crippen LogP contribution is -2.38. The van der Waals surface area contributed by atoms with Crippen LogP contribution in [0.3, 0.4) is 0 Å². The van der Waals surface area contributed by atoms with Gasteiger partial charge in [-0.25, -0.2) is 17.9 Å². The fourth-order valence-electron chi connectivity index (χ4n) is 3.30. The minimum Gasteiger partial charge on any atom is -0.237 e. The molecule has 0 atom stereocenters. The summed E-state index contributed by atoms with van der Waals surface area (Å²) in [4.78, 5) is 4.65. The van der Waals surface area contributed by atoms with Gasteiger partial charge in [0.15, 0.2) is 5.65 Å². The molecular formula is C17H18N4O2S. The van der Waals surface area contributed by atoms with Gasteiger partial charge in [-0.2, -0.15) is 9.40 Å². The van der Waals surface area contributed by atoms with E-state index in [0.29, 0.717) is 18.0 Å². The number of sulfonamides is 1. The van der Waals surface area contributed by atoms with Crippen LogP contribution < -0.4 is 0 Å². The van der Waals surface area contributed by atoms with Crippen molar-refractivity contribution in [2.45, 2.75) is 23.7 Å². The number of hydrogen-bond acceptors (Lipinski definition) is 4. The van der Waals surface area contributed by atoms with Gasteiger partial charge >= 0.3 is 0 Å². The molecule has 0 aliphatic carbocycles. The van der Waals surface area contributed by atoms with Crippen molar-refractivity contribution in [1.82, 2.24) is 18.9 Å². The first kappa shape index (κ1) is 15.3. The van der Waals surface area contributed by atoms with Crippen molar-refractivity contribution in [3.05, 3.63) is 60.6 Å². The first-order valence-corrected chi connectivity index (χ1v) is 9.44. The predicted octanol–water partition coefficient (Wildman–Crippen LogP) is 2.30. The highest BCUT2D eigenvalue weighted by Gasteiger charge is 2.30. The van der Waals surface area contributed by atoms with Gasteiger partial charge in [-0.1, -0.05) is 18.2 Å². The molecule has 24 heavy (non-hydrogen) atoms. The van der Waals surface area contributed by atoms with Crippen LogP contribution in [0, 0.1) is 0 Å². The molecule has 0 bridgehead atoms. The van der Waals surface area contributed by atoms with E-state index in [1.807, 2.05) is 22.7 Å². The van der Waals surface area contributed by atoms with Gasteiger partial charge in [-0.15, -0.1) is 0 Å². The zero-order valence-electron chi connectivity index (χ0n) is 13.1. The van der Waals surface area contributed by atoms with Crippen LogP contribution in [0.1, 0.15) is 24.5 Å². The Morgan fingerprint density at radius 1 is 0.958 bits per heavy atom. The minimum atomic E-state index is -3.40. The summed E-state index contributed by atoms with van der Waals surface area (Å²) >= 11 is 0. The molecule has 1 aromatic carbocycles. The van der Waals surface area contributed by atoms with E-state index in [4.69, 9.17) is 0 Å². The highest BCUT2D eigenvalue weighted by molar-refractivity contribution is 7.89. The molecule has 1 saturated heterocycles. The third-order valence-electron chi connectivity index (χ3n) is 4.57. The lowest BCUT2D eigenvalue weighted by Gasteiger charge is -2.31. The normalized spacial score (nSPS) is 17.3. The van der Waals surface area contributed by atoms with E-state index in [0.717, 1.165) is 24.2 Å². The third-order valence-corrected chi connectivity index (χ3v) is 6.49. The molecule has 0 saturated carbocycles. The standard InChI is InChI=1S/C17H18N4O2S/c22-24(23,15-4-2-1-3-5-15)20-12-8-14(9-13-20)16-6-10-18-17-7-11-19-21(16)17/h1-7,10-11,14H,8-9,12-13H2. The summed E-state index contributed by atoms with van der Waals surface area (Å²) in [5.41, 5.74) is 1.92. The Labute approximate surface area is 140 Å². The molecule has 4 rings (SSSR count). The second-order valence-electron chi connectivity index (χ2n) is 5.96. The summed E-state index contributed by atoms with van der Waals surface area (Å²) in [6, 6.07) is 12.5. The fourth-order valence-corrected chi connectivity index (χ4v) is 4.79. The first-order chi connectivity index (χ1) is 11.7. The van der Waals surface area contributed by atoms with Crippen molar-refractivity contribution in [3.8, 4) is 0 Å². The maximum atomic E-state index is 12.7. The highest BCUT2D eigenvalue weighted by atomic mass is 32.2. The molecule has 0 radical (unpaired) electrons. The highest BCUT2D eigenvalue weighted by Crippen LogP contribution is 2.30. The Balaban J connectivity index is 1.54. The SMILES string of the molecule is O=S(=O)(c1ccccc1)N1CCC(c2ccnc3ccnn23)CC1. The quantitative estimate of drug-likeness (QED) is 0.732. The number of rotatable bonds is 3. The van der Waals surface area contributed by atoms with E-state index >= 15 is 0 Å². The van der Waals surface area contributed by atoms with Crippen LogP contribution in [0.2, 0.25) is 0 Å². The van der Waals surface area contributed by atoms with Gasteiger partial charge in [0.1, 0.15) is 0 Å². The van der Waals surface area contributed by atoms with E-state index in [9.17, 15) is 8.42 Å². The number of benzene rings is 1. The predicted molar refractivity (Wildman–Crippen MR) is 90.2 cm³/mol. The summed E-state index contributed by atoms with van der Waals surface area (Å²) in [6.07, 6.45) is 5.09. The molecule has 2 aromatic heterocycles. The Hall–Kier alpha value is -2.25. The maximum Gasteiger partial charge on any atom is 0.243 e. The average Bonchev–Trinajstić information content (AvgIpc) is 3.11. The van der Waals surface area contributed by atoms with Gasteiger partial charge in [0, 0.05) is 37.0 Å². The van der Waals surface area contributed by atoms with E-state index in [-0.39, 0.29) is 5.92 Å². The van der Waals surface area contributed by atoms with E-state index in [1.54, 1.807) is 41.0 Å². The Morgan fingerprint density at radius 2 is 1.71 bits per heavy atom. The average molecular weight is 342 g/mol. The van der Waals surface area contributed by atoms with E-state index in [1.165, 1.54) is 0 Å². The van der Waals surface area contributed by atoms with Crippen molar-refractivity contribution < 1.29 is 8.42 Å². The Bertz CT molecular complexity index is 945. The zero-order chi connectivity index (χ0) is 16.6. The van der Waals surface area contributed by atoms with Crippen LogP contribution in [0.5, 0.6) is 0 Å². The maximum absolute atomic E-state index is 12.7. The van der Waals surface area contributed by atoms with Crippen LogP contribution in [0.4, 0.5) is 0 Å². The molecule has 1 aliphatic heterocycles. The second-order valence-corrected chi connectivity index (χ2v) is 7.90.